The Labute approximate surface area is 109 Å². The fourth-order valence-corrected chi connectivity index (χ4v) is 3.41. The highest BCUT2D eigenvalue weighted by atomic mass is 32.2. The van der Waals surface area contributed by atoms with Gasteiger partial charge in [-0.05, 0) is 18.8 Å². The third kappa shape index (κ3) is 3.21. The second kappa shape index (κ2) is 5.05. The van der Waals surface area contributed by atoms with Crippen LogP contribution in [0.1, 0.15) is 12.8 Å². The van der Waals surface area contributed by atoms with E-state index in [4.69, 9.17) is 5.73 Å². The molecule has 0 radical (unpaired) electrons. The van der Waals surface area contributed by atoms with Crippen molar-refractivity contribution in [2.75, 3.05) is 45.5 Å². The molecule has 1 heterocycles. The van der Waals surface area contributed by atoms with Crippen LogP contribution in [0.25, 0.3) is 0 Å². The van der Waals surface area contributed by atoms with Gasteiger partial charge in [-0.1, -0.05) is 0 Å². The van der Waals surface area contributed by atoms with Crippen LogP contribution in [-0.4, -0.2) is 73.9 Å². The lowest BCUT2D eigenvalue weighted by atomic mass is 9.97. The van der Waals surface area contributed by atoms with Gasteiger partial charge in [0.15, 0.2) is 0 Å². The number of hydrogen-bond acceptors (Lipinski definition) is 5. The average Bonchev–Trinajstić information content (AvgIpc) is 3.12. The summed E-state index contributed by atoms with van der Waals surface area (Å²) in [5.74, 6) is 0.329. The zero-order valence-electron chi connectivity index (χ0n) is 10.9. The molecular formula is C11H23N3O3S. The smallest absolute Gasteiger partial charge is 0.211 e. The summed E-state index contributed by atoms with van der Waals surface area (Å²) in [5.41, 5.74) is 4.89. The van der Waals surface area contributed by atoms with Gasteiger partial charge in [0.05, 0.1) is 11.9 Å². The van der Waals surface area contributed by atoms with E-state index in [2.05, 4.69) is 4.90 Å². The number of aliphatic hydroxyl groups is 1. The summed E-state index contributed by atoms with van der Waals surface area (Å²) in [6.07, 6.45) is 3.34. The summed E-state index contributed by atoms with van der Waals surface area (Å²) in [7, 11) is -3.08. The van der Waals surface area contributed by atoms with E-state index < -0.39 is 15.6 Å². The summed E-state index contributed by atoms with van der Waals surface area (Å²) in [6.45, 7) is 3.19. The summed E-state index contributed by atoms with van der Waals surface area (Å²) >= 11 is 0. The van der Waals surface area contributed by atoms with Crippen LogP contribution in [0.3, 0.4) is 0 Å². The maximum absolute atomic E-state index is 11.4. The molecule has 2 rings (SSSR count). The first-order chi connectivity index (χ1) is 8.35. The summed E-state index contributed by atoms with van der Waals surface area (Å²) in [4.78, 5) is 2.12. The minimum Gasteiger partial charge on any atom is -0.387 e. The highest BCUT2D eigenvalue weighted by Crippen LogP contribution is 2.39. The number of sulfonamides is 1. The minimum absolute atomic E-state index is 0.282. The molecule has 1 aliphatic carbocycles. The van der Waals surface area contributed by atoms with Gasteiger partial charge in [0.1, 0.15) is 0 Å². The van der Waals surface area contributed by atoms with Gasteiger partial charge in [-0.3, -0.25) is 4.90 Å². The van der Waals surface area contributed by atoms with E-state index in [-0.39, 0.29) is 6.54 Å². The Morgan fingerprint density at radius 1 is 1.28 bits per heavy atom. The first-order valence-electron chi connectivity index (χ1n) is 6.45. The monoisotopic (exact) mass is 277 g/mol. The number of β-amino-alcohol motifs (C(OH)–C–C–N with tert-alkyl or cyclic N) is 1. The van der Waals surface area contributed by atoms with E-state index in [1.165, 1.54) is 10.6 Å². The van der Waals surface area contributed by atoms with Gasteiger partial charge in [0, 0.05) is 39.3 Å². The van der Waals surface area contributed by atoms with Gasteiger partial charge in [0.25, 0.3) is 0 Å². The maximum Gasteiger partial charge on any atom is 0.211 e. The molecule has 0 amide bonds. The first-order valence-corrected chi connectivity index (χ1v) is 8.30. The van der Waals surface area contributed by atoms with E-state index in [9.17, 15) is 13.5 Å². The van der Waals surface area contributed by atoms with Crippen LogP contribution < -0.4 is 5.73 Å². The standard InChI is InChI=1S/C11H23N3O3S/c1-18(16,17)14-6-4-13(5-7-14)9-11(15,8-12)10-2-3-10/h10,15H,2-9,12H2,1H3. The molecule has 18 heavy (non-hydrogen) atoms. The molecule has 0 aromatic rings. The third-order valence-electron chi connectivity index (χ3n) is 3.99. The van der Waals surface area contributed by atoms with E-state index in [1.807, 2.05) is 0 Å². The molecule has 1 saturated carbocycles. The van der Waals surface area contributed by atoms with Gasteiger partial charge in [0.2, 0.25) is 10.0 Å². The first kappa shape index (κ1) is 14.2. The van der Waals surface area contributed by atoms with Crippen LogP contribution >= 0.6 is 0 Å². The predicted octanol–water partition coefficient (Wildman–Crippen LogP) is -1.34. The van der Waals surface area contributed by atoms with Gasteiger partial charge in [-0.15, -0.1) is 0 Å². The highest BCUT2D eigenvalue weighted by Gasteiger charge is 2.44. The number of rotatable bonds is 5. The normalized spacial score (nSPS) is 27.1. The molecule has 0 spiro atoms. The van der Waals surface area contributed by atoms with E-state index >= 15 is 0 Å². The van der Waals surface area contributed by atoms with Crippen LogP contribution in [0, 0.1) is 5.92 Å². The highest BCUT2D eigenvalue weighted by molar-refractivity contribution is 7.88. The fourth-order valence-electron chi connectivity index (χ4n) is 2.59. The van der Waals surface area contributed by atoms with Crippen LogP contribution in [0.15, 0.2) is 0 Å². The number of nitrogens with two attached hydrogens (primary N) is 1. The molecule has 1 atom stereocenters. The Morgan fingerprint density at radius 3 is 2.22 bits per heavy atom. The molecule has 0 aromatic carbocycles. The summed E-state index contributed by atoms with van der Waals surface area (Å²) in [6, 6.07) is 0. The molecule has 0 aromatic heterocycles. The Hall–Kier alpha value is -0.210. The van der Waals surface area contributed by atoms with Crippen molar-refractivity contribution < 1.29 is 13.5 Å². The second-order valence-corrected chi connectivity index (χ2v) is 7.50. The fraction of sp³-hybridized carbons (Fsp3) is 1.00. The largest absolute Gasteiger partial charge is 0.387 e. The SMILES string of the molecule is CS(=O)(=O)N1CCN(CC(O)(CN)C2CC2)CC1. The average molecular weight is 277 g/mol. The zero-order chi connectivity index (χ0) is 13.4. The Balaban J connectivity index is 1.86. The van der Waals surface area contributed by atoms with Crippen molar-refractivity contribution in [2.24, 2.45) is 11.7 Å². The minimum atomic E-state index is -3.08. The topological polar surface area (TPSA) is 86.9 Å². The molecule has 106 valence electrons. The lowest BCUT2D eigenvalue weighted by Gasteiger charge is -2.38. The van der Waals surface area contributed by atoms with Crippen molar-refractivity contribution in [1.29, 1.82) is 0 Å². The van der Waals surface area contributed by atoms with E-state index in [1.54, 1.807) is 0 Å². The van der Waals surface area contributed by atoms with Gasteiger partial charge >= 0.3 is 0 Å². The predicted molar refractivity (Wildman–Crippen MR) is 69.6 cm³/mol. The lowest BCUT2D eigenvalue weighted by molar-refractivity contribution is -0.0147. The third-order valence-corrected chi connectivity index (χ3v) is 5.29. The van der Waals surface area contributed by atoms with Crippen LogP contribution in [-0.2, 0) is 10.0 Å². The van der Waals surface area contributed by atoms with E-state index in [0.717, 1.165) is 12.8 Å². The van der Waals surface area contributed by atoms with Crippen molar-refractivity contribution in [3.05, 3.63) is 0 Å². The van der Waals surface area contributed by atoms with E-state index in [0.29, 0.717) is 38.6 Å². The summed E-state index contributed by atoms with van der Waals surface area (Å²) < 4.78 is 24.3. The van der Waals surface area contributed by atoms with Gasteiger partial charge < -0.3 is 10.8 Å². The lowest BCUT2D eigenvalue weighted by Crippen LogP contribution is -2.55. The number of piperazine rings is 1. The molecule has 6 nitrogen and oxygen atoms in total. The van der Waals surface area contributed by atoms with Crippen LogP contribution in [0.2, 0.25) is 0 Å². The molecule has 3 N–H and O–H groups in total. The Kier molecular flexibility index (Phi) is 3.99. The Bertz CT molecular complexity index is 388. The van der Waals surface area contributed by atoms with Gasteiger partial charge in [-0.25, -0.2) is 8.42 Å². The molecule has 1 aliphatic heterocycles. The van der Waals surface area contributed by atoms with Gasteiger partial charge in [-0.2, -0.15) is 4.31 Å². The van der Waals surface area contributed by atoms with Crippen LogP contribution in [0.5, 0.6) is 0 Å². The Morgan fingerprint density at radius 2 is 1.83 bits per heavy atom. The molecule has 0 bridgehead atoms. The maximum atomic E-state index is 11.4. The molecule has 2 aliphatic rings. The quantitative estimate of drug-likeness (QED) is 0.650. The molecule has 1 unspecified atom stereocenters. The van der Waals surface area contributed by atoms with Crippen molar-refractivity contribution in [3.63, 3.8) is 0 Å². The zero-order valence-corrected chi connectivity index (χ0v) is 11.7. The second-order valence-electron chi connectivity index (χ2n) is 5.52. The van der Waals surface area contributed by atoms with Crippen molar-refractivity contribution >= 4 is 10.0 Å². The molecule has 2 fully saturated rings. The number of nitrogens with zero attached hydrogens (tertiary/aromatic N) is 2. The van der Waals surface area contributed by atoms with Crippen molar-refractivity contribution in [2.45, 2.75) is 18.4 Å². The molecular weight excluding hydrogens is 254 g/mol. The summed E-state index contributed by atoms with van der Waals surface area (Å²) in [5, 5.41) is 10.4. The number of hydrogen-bond donors (Lipinski definition) is 2. The van der Waals surface area contributed by atoms with Crippen molar-refractivity contribution in [1.82, 2.24) is 9.21 Å². The van der Waals surface area contributed by atoms with Crippen molar-refractivity contribution in [3.8, 4) is 0 Å². The van der Waals surface area contributed by atoms with Crippen LogP contribution in [0.4, 0.5) is 0 Å². The molecule has 7 heteroatoms. The molecule has 1 saturated heterocycles.